The van der Waals surface area contributed by atoms with Crippen molar-refractivity contribution in [1.82, 2.24) is 19.5 Å². The van der Waals surface area contributed by atoms with E-state index in [0.29, 0.717) is 28.3 Å². The van der Waals surface area contributed by atoms with Crippen LogP contribution in [0, 0.1) is 0 Å². The Morgan fingerprint density at radius 3 is 2.75 bits per heavy atom. The fourth-order valence-corrected chi connectivity index (χ4v) is 3.16. The van der Waals surface area contributed by atoms with Crippen LogP contribution in [0.2, 0.25) is 0 Å². The van der Waals surface area contributed by atoms with Gasteiger partial charge in [0.25, 0.3) is 0 Å². The average Bonchev–Trinajstić information content (AvgIpc) is 3.38. The Morgan fingerprint density at radius 2 is 1.89 bits per heavy atom. The molecule has 0 spiro atoms. The molecule has 0 aliphatic rings. The molecule has 5 aromatic rings. The van der Waals surface area contributed by atoms with Gasteiger partial charge in [-0.05, 0) is 23.6 Å². The van der Waals surface area contributed by atoms with Crippen molar-refractivity contribution < 1.29 is 9.21 Å². The quantitative estimate of drug-likeness (QED) is 0.487. The Bertz CT molecular complexity index is 1320. The number of benzene rings is 2. The zero-order valence-electron chi connectivity index (χ0n) is 14.5. The number of hydrogen-bond acceptors (Lipinski definition) is 6. The standard InChI is InChI=1S/C20H14N6O2/c21-19-24-16(15-9-4-10-28-15)17-18(25-19)26(11-22-17)20(27)23-14-8-3-6-12-5-1-2-7-13(12)14/h1-11H,(H,23,27)(H2,21,24,25). The number of hydrogen-bond donors (Lipinski definition) is 2. The SMILES string of the molecule is Nc1nc(-c2ccco2)c2ncn(C(=O)Nc3cccc4ccccc34)c2n1. The Labute approximate surface area is 158 Å². The van der Waals surface area contributed by atoms with Crippen molar-refractivity contribution in [3.8, 4) is 11.5 Å². The van der Waals surface area contributed by atoms with Gasteiger partial charge in [-0.3, -0.25) is 0 Å². The van der Waals surface area contributed by atoms with Crippen molar-refractivity contribution in [1.29, 1.82) is 0 Å². The minimum Gasteiger partial charge on any atom is -0.463 e. The number of aromatic nitrogens is 4. The Hall–Kier alpha value is -4.20. The van der Waals surface area contributed by atoms with Gasteiger partial charge in [-0.25, -0.2) is 19.3 Å². The van der Waals surface area contributed by atoms with Gasteiger partial charge < -0.3 is 15.5 Å². The lowest BCUT2D eigenvalue weighted by Crippen LogP contribution is -2.19. The third kappa shape index (κ3) is 2.55. The number of rotatable bonds is 2. The maximum Gasteiger partial charge on any atom is 0.332 e. The van der Waals surface area contributed by atoms with Crippen LogP contribution < -0.4 is 11.1 Å². The molecular weight excluding hydrogens is 356 g/mol. The number of nitrogens with one attached hydrogen (secondary N) is 1. The van der Waals surface area contributed by atoms with Gasteiger partial charge in [0.05, 0.1) is 12.0 Å². The van der Waals surface area contributed by atoms with E-state index in [0.717, 1.165) is 10.8 Å². The van der Waals surface area contributed by atoms with Crippen LogP contribution in [0.5, 0.6) is 0 Å². The van der Waals surface area contributed by atoms with Gasteiger partial charge in [-0.2, -0.15) is 4.98 Å². The van der Waals surface area contributed by atoms with E-state index in [4.69, 9.17) is 10.2 Å². The van der Waals surface area contributed by atoms with E-state index in [9.17, 15) is 4.79 Å². The summed E-state index contributed by atoms with van der Waals surface area (Å²) in [6, 6.07) is 16.6. The zero-order chi connectivity index (χ0) is 19.1. The van der Waals surface area contributed by atoms with Crippen molar-refractivity contribution in [3.05, 3.63) is 67.2 Å². The lowest BCUT2D eigenvalue weighted by Gasteiger charge is -2.09. The largest absolute Gasteiger partial charge is 0.463 e. The van der Waals surface area contributed by atoms with Crippen molar-refractivity contribution in [3.63, 3.8) is 0 Å². The first kappa shape index (κ1) is 16.0. The van der Waals surface area contributed by atoms with Crippen molar-refractivity contribution >= 4 is 39.6 Å². The number of imidazole rings is 1. The van der Waals surface area contributed by atoms with Gasteiger partial charge in [0.2, 0.25) is 5.95 Å². The molecule has 0 aliphatic heterocycles. The predicted octanol–water partition coefficient (Wildman–Crippen LogP) is 3.90. The van der Waals surface area contributed by atoms with E-state index in [-0.39, 0.29) is 5.95 Å². The summed E-state index contributed by atoms with van der Waals surface area (Å²) >= 11 is 0. The molecule has 3 heterocycles. The van der Waals surface area contributed by atoms with Gasteiger partial charge in [0.15, 0.2) is 11.4 Å². The minimum absolute atomic E-state index is 0.0265. The summed E-state index contributed by atoms with van der Waals surface area (Å²) in [6.45, 7) is 0. The minimum atomic E-state index is -0.401. The highest BCUT2D eigenvalue weighted by molar-refractivity contribution is 6.04. The monoisotopic (exact) mass is 370 g/mol. The van der Waals surface area contributed by atoms with E-state index < -0.39 is 6.03 Å². The normalized spacial score (nSPS) is 11.1. The molecule has 0 saturated heterocycles. The van der Waals surface area contributed by atoms with Crippen LogP contribution in [-0.2, 0) is 0 Å². The van der Waals surface area contributed by atoms with Crippen LogP contribution in [0.3, 0.4) is 0 Å². The van der Waals surface area contributed by atoms with E-state index in [1.54, 1.807) is 12.1 Å². The van der Waals surface area contributed by atoms with Crippen LogP contribution in [0.15, 0.2) is 71.6 Å². The third-order valence-corrected chi connectivity index (χ3v) is 4.42. The molecule has 1 amide bonds. The van der Waals surface area contributed by atoms with Crippen molar-refractivity contribution in [2.75, 3.05) is 11.1 Å². The molecule has 3 aromatic heterocycles. The van der Waals surface area contributed by atoms with Gasteiger partial charge in [0, 0.05) is 5.39 Å². The third-order valence-electron chi connectivity index (χ3n) is 4.42. The number of nitrogens with zero attached hydrogens (tertiary/aromatic N) is 4. The highest BCUT2D eigenvalue weighted by atomic mass is 16.3. The molecule has 0 atom stereocenters. The summed E-state index contributed by atoms with van der Waals surface area (Å²) in [7, 11) is 0. The summed E-state index contributed by atoms with van der Waals surface area (Å²) in [5.41, 5.74) is 7.71. The highest BCUT2D eigenvalue weighted by Gasteiger charge is 2.19. The fourth-order valence-electron chi connectivity index (χ4n) is 3.16. The summed E-state index contributed by atoms with van der Waals surface area (Å²) in [5, 5.41) is 4.88. The lowest BCUT2D eigenvalue weighted by atomic mass is 10.1. The molecule has 0 fully saturated rings. The van der Waals surface area contributed by atoms with Crippen LogP contribution in [0.1, 0.15) is 0 Å². The molecular formula is C20H14N6O2. The number of carbonyl (C=O) groups excluding carboxylic acids is 1. The molecule has 0 saturated carbocycles. The van der Waals surface area contributed by atoms with Crippen LogP contribution >= 0.6 is 0 Å². The molecule has 3 N–H and O–H groups in total. The first-order valence-corrected chi connectivity index (χ1v) is 8.54. The summed E-state index contributed by atoms with van der Waals surface area (Å²) in [6.07, 6.45) is 2.93. The first-order valence-electron chi connectivity index (χ1n) is 8.54. The first-order chi connectivity index (χ1) is 13.7. The Morgan fingerprint density at radius 1 is 1.04 bits per heavy atom. The van der Waals surface area contributed by atoms with Gasteiger partial charge in [0.1, 0.15) is 17.5 Å². The van der Waals surface area contributed by atoms with Gasteiger partial charge in [-0.1, -0.05) is 36.4 Å². The van der Waals surface area contributed by atoms with Crippen molar-refractivity contribution in [2.24, 2.45) is 0 Å². The Balaban J connectivity index is 1.59. The molecule has 0 unspecified atom stereocenters. The number of anilines is 2. The topological polar surface area (TPSA) is 112 Å². The number of amides is 1. The lowest BCUT2D eigenvalue weighted by molar-refractivity contribution is 0.254. The molecule has 8 heteroatoms. The molecule has 0 radical (unpaired) electrons. The second kappa shape index (κ2) is 6.20. The number of furan rings is 1. The van der Waals surface area contributed by atoms with E-state index in [1.807, 2.05) is 42.5 Å². The van der Waals surface area contributed by atoms with E-state index >= 15 is 0 Å². The fraction of sp³-hybridized carbons (Fsp3) is 0. The summed E-state index contributed by atoms with van der Waals surface area (Å²) < 4.78 is 6.71. The second-order valence-corrected chi connectivity index (χ2v) is 6.15. The van der Waals surface area contributed by atoms with Gasteiger partial charge >= 0.3 is 6.03 Å². The molecule has 8 nitrogen and oxygen atoms in total. The summed E-state index contributed by atoms with van der Waals surface area (Å²) in [5.74, 6) is 0.525. The molecule has 28 heavy (non-hydrogen) atoms. The Kier molecular flexibility index (Phi) is 3.55. The average molecular weight is 370 g/mol. The number of fused-ring (bicyclic) bond motifs is 2. The second-order valence-electron chi connectivity index (χ2n) is 6.15. The zero-order valence-corrected chi connectivity index (χ0v) is 14.5. The molecule has 2 aromatic carbocycles. The highest BCUT2D eigenvalue weighted by Crippen LogP contribution is 2.27. The van der Waals surface area contributed by atoms with Crippen LogP contribution in [-0.4, -0.2) is 25.6 Å². The van der Waals surface area contributed by atoms with Crippen molar-refractivity contribution in [2.45, 2.75) is 0 Å². The maximum atomic E-state index is 12.9. The number of nitrogen functional groups attached to an aromatic ring is 1. The molecule has 0 bridgehead atoms. The van der Waals surface area contributed by atoms with Gasteiger partial charge in [-0.15, -0.1) is 0 Å². The smallest absolute Gasteiger partial charge is 0.332 e. The van der Waals surface area contributed by atoms with E-state index in [2.05, 4.69) is 20.3 Å². The number of carbonyl (C=O) groups is 1. The van der Waals surface area contributed by atoms with Crippen LogP contribution in [0.25, 0.3) is 33.4 Å². The maximum absolute atomic E-state index is 12.9. The molecule has 5 rings (SSSR count). The molecule has 136 valence electrons. The predicted molar refractivity (Wildman–Crippen MR) is 106 cm³/mol. The summed E-state index contributed by atoms with van der Waals surface area (Å²) in [4.78, 5) is 25.6. The number of nitrogens with two attached hydrogens (primary N) is 1. The molecule has 0 aliphatic carbocycles. The van der Waals surface area contributed by atoms with E-state index in [1.165, 1.54) is 17.2 Å². The van der Waals surface area contributed by atoms with Crippen LogP contribution in [0.4, 0.5) is 16.4 Å².